The van der Waals surface area contributed by atoms with Crippen LogP contribution in [0.1, 0.15) is 36.0 Å². The Morgan fingerprint density at radius 3 is 2.05 bits per heavy atom. The zero-order valence-electron chi connectivity index (χ0n) is 24.0. The lowest BCUT2D eigenvalue weighted by atomic mass is 9.86. The molecular weight excluding hydrogens is 577 g/mol. The van der Waals surface area contributed by atoms with Crippen LogP contribution in [0.15, 0.2) is 72.8 Å². The topological polar surface area (TPSA) is 105 Å². The Balaban J connectivity index is 1.17. The molecule has 1 N–H and O–H groups in total. The van der Waals surface area contributed by atoms with E-state index >= 15 is 0 Å². The van der Waals surface area contributed by atoms with Gasteiger partial charge in [-0.1, -0.05) is 60.7 Å². The fourth-order valence-electron chi connectivity index (χ4n) is 6.03. The molecule has 1 aliphatic carbocycles. The van der Waals surface area contributed by atoms with Crippen LogP contribution in [0.2, 0.25) is 0 Å². The number of hydrogen-bond acceptors (Lipinski definition) is 6. The molecule has 2 aliphatic rings. The first kappa shape index (κ1) is 31.0. The Kier molecular flexibility index (Phi) is 9.19. The summed E-state index contributed by atoms with van der Waals surface area (Å²) in [6.45, 7) is 1.80. The Morgan fingerprint density at radius 2 is 1.48 bits per heavy atom. The van der Waals surface area contributed by atoms with Gasteiger partial charge in [0.15, 0.2) is 5.60 Å². The van der Waals surface area contributed by atoms with Gasteiger partial charge in [0.1, 0.15) is 6.54 Å². The van der Waals surface area contributed by atoms with Crippen LogP contribution in [-0.4, -0.2) is 72.2 Å². The summed E-state index contributed by atoms with van der Waals surface area (Å²) in [7, 11) is 0. The number of alkyl carbamates (subject to hydrolysis) is 1. The maximum Gasteiger partial charge on any atom is 0.408 e. The molecule has 0 aromatic heterocycles. The number of carbonyl (C=O) groups excluding carboxylic acids is 2. The summed E-state index contributed by atoms with van der Waals surface area (Å²) in [6.07, 6.45) is -3.70. The van der Waals surface area contributed by atoms with Gasteiger partial charge >= 0.3 is 12.3 Å². The van der Waals surface area contributed by atoms with Gasteiger partial charge in [-0.3, -0.25) is 19.8 Å². The third-order valence-electron chi connectivity index (χ3n) is 8.20. The molecule has 0 radical (unpaired) electrons. The SMILES string of the molecule is O=C(NCC(F)(F)F)OC1(CCCCN2CCN(C(=O)Cc3ccc([N+](=O)[O-])cc3)CC2)c2ccccc2-c2ccccc21. The van der Waals surface area contributed by atoms with Gasteiger partial charge in [-0.05, 0) is 42.5 Å². The Morgan fingerprint density at radius 1 is 0.886 bits per heavy atom. The summed E-state index contributed by atoms with van der Waals surface area (Å²) in [6, 6.07) is 21.0. The van der Waals surface area contributed by atoms with Crippen molar-refractivity contribution >= 4 is 17.7 Å². The van der Waals surface area contributed by atoms with E-state index in [9.17, 15) is 32.9 Å². The Hall–Kier alpha value is -4.45. The number of nitrogens with one attached hydrogen (secondary N) is 1. The number of non-ortho nitro benzene ring substituents is 1. The molecule has 1 heterocycles. The first-order chi connectivity index (χ1) is 21.1. The van der Waals surface area contributed by atoms with Gasteiger partial charge in [-0.15, -0.1) is 0 Å². The van der Waals surface area contributed by atoms with Crippen LogP contribution in [0, 0.1) is 10.1 Å². The average Bonchev–Trinajstić information content (AvgIpc) is 3.28. The van der Waals surface area contributed by atoms with E-state index < -0.39 is 29.3 Å². The van der Waals surface area contributed by atoms with Crippen LogP contribution in [0.5, 0.6) is 0 Å². The van der Waals surface area contributed by atoms with Crippen LogP contribution in [0.4, 0.5) is 23.7 Å². The molecule has 0 spiro atoms. The fraction of sp³-hybridized carbons (Fsp3) is 0.375. The van der Waals surface area contributed by atoms with Gasteiger partial charge in [0.25, 0.3) is 5.69 Å². The third kappa shape index (κ3) is 7.02. The van der Waals surface area contributed by atoms with Crippen molar-refractivity contribution in [1.82, 2.24) is 15.1 Å². The molecule has 232 valence electrons. The Bertz CT molecular complexity index is 1460. The van der Waals surface area contributed by atoms with Gasteiger partial charge in [0, 0.05) is 49.4 Å². The zero-order chi connectivity index (χ0) is 31.3. The molecule has 0 unspecified atom stereocenters. The maximum atomic E-state index is 12.8. The number of ether oxygens (including phenoxy) is 1. The number of hydrogen-bond donors (Lipinski definition) is 1. The van der Waals surface area contributed by atoms with Crippen molar-refractivity contribution in [3.8, 4) is 11.1 Å². The quantitative estimate of drug-likeness (QED) is 0.180. The maximum absolute atomic E-state index is 12.8. The number of fused-ring (bicyclic) bond motifs is 3. The van der Waals surface area contributed by atoms with Gasteiger partial charge in [0.2, 0.25) is 5.91 Å². The van der Waals surface area contributed by atoms with Gasteiger partial charge < -0.3 is 15.0 Å². The third-order valence-corrected chi connectivity index (χ3v) is 8.20. The number of piperazine rings is 1. The van der Waals surface area contributed by atoms with Crippen molar-refractivity contribution in [3.63, 3.8) is 0 Å². The van der Waals surface area contributed by atoms with E-state index in [0.717, 1.165) is 40.8 Å². The molecular formula is C32H33F3N4O5. The predicted octanol–water partition coefficient (Wildman–Crippen LogP) is 5.66. The summed E-state index contributed by atoms with van der Waals surface area (Å²) in [5.41, 5.74) is 2.78. The highest BCUT2D eigenvalue weighted by atomic mass is 19.4. The molecule has 1 aliphatic heterocycles. The second-order valence-corrected chi connectivity index (χ2v) is 11.1. The van der Waals surface area contributed by atoms with Crippen molar-refractivity contribution in [2.45, 2.75) is 37.5 Å². The molecule has 1 saturated heterocycles. The van der Waals surface area contributed by atoms with Crippen molar-refractivity contribution < 1.29 is 32.4 Å². The van der Waals surface area contributed by atoms with E-state index in [1.54, 1.807) is 17.0 Å². The minimum Gasteiger partial charge on any atom is -0.433 e. The lowest BCUT2D eigenvalue weighted by Gasteiger charge is -2.35. The lowest BCUT2D eigenvalue weighted by molar-refractivity contribution is -0.384. The largest absolute Gasteiger partial charge is 0.433 e. The van der Waals surface area contributed by atoms with Crippen molar-refractivity contribution in [1.29, 1.82) is 0 Å². The summed E-state index contributed by atoms with van der Waals surface area (Å²) < 4.78 is 44.4. The van der Waals surface area contributed by atoms with Gasteiger partial charge in [0.05, 0.1) is 11.3 Å². The molecule has 0 atom stereocenters. The van der Waals surface area contributed by atoms with Crippen molar-refractivity contribution in [2.75, 3.05) is 39.3 Å². The number of alkyl halides is 3. The molecule has 2 amide bonds. The van der Waals surface area contributed by atoms with E-state index in [0.29, 0.717) is 39.0 Å². The highest BCUT2D eigenvalue weighted by Crippen LogP contribution is 2.52. The molecule has 44 heavy (non-hydrogen) atoms. The highest BCUT2D eigenvalue weighted by molar-refractivity contribution is 5.82. The Labute approximate surface area is 252 Å². The van der Waals surface area contributed by atoms with Crippen LogP contribution in [-0.2, 0) is 21.6 Å². The summed E-state index contributed by atoms with van der Waals surface area (Å²) in [5.74, 6) is -0.0278. The number of nitrogens with zero attached hydrogens (tertiary/aromatic N) is 3. The second kappa shape index (κ2) is 13.0. The van der Waals surface area contributed by atoms with E-state index in [1.807, 2.05) is 53.8 Å². The lowest BCUT2D eigenvalue weighted by Crippen LogP contribution is -2.49. The minimum absolute atomic E-state index is 0.0154. The van der Waals surface area contributed by atoms with E-state index in [4.69, 9.17) is 4.74 Å². The number of benzene rings is 3. The number of rotatable bonds is 10. The number of unbranched alkanes of at least 4 members (excludes halogenated alkanes) is 1. The molecule has 0 bridgehead atoms. The molecule has 3 aromatic rings. The molecule has 1 fully saturated rings. The van der Waals surface area contributed by atoms with Crippen molar-refractivity contribution in [3.05, 3.63) is 99.6 Å². The molecule has 0 saturated carbocycles. The predicted molar refractivity (Wildman–Crippen MR) is 157 cm³/mol. The molecule has 12 heteroatoms. The van der Waals surface area contributed by atoms with Crippen LogP contribution in [0.25, 0.3) is 11.1 Å². The normalized spacial score (nSPS) is 15.8. The first-order valence-electron chi connectivity index (χ1n) is 14.5. The smallest absolute Gasteiger partial charge is 0.408 e. The fourth-order valence-corrected chi connectivity index (χ4v) is 6.03. The highest BCUT2D eigenvalue weighted by Gasteiger charge is 2.46. The average molecular weight is 611 g/mol. The summed E-state index contributed by atoms with van der Waals surface area (Å²) in [4.78, 5) is 39.9. The van der Waals surface area contributed by atoms with Gasteiger partial charge in [-0.25, -0.2) is 4.79 Å². The monoisotopic (exact) mass is 610 g/mol. The summed E-state index contributed by atoms with van der Waals surface area (Å²) in [5, 5.41) is 12.7. The number of amides is 2. The minimum atomic E-state index is -4.56. The zero-order valence-corrected chi connectivity index (χ0v) is 24.0. The van der Waals surface area contributed by atoms with E-state index in [-0.39, 0.29) is 18.0 Å². The standard InChI is InChI=1S/C32H33F3N4O5/c33-32(34,35)22-36-30(41)44-31(27-9-3-1-7-25(27)26-8-2-4-10-28(26)31)15-5-6-16-37-17-19-38(20-18-37)29(40)21-23-11-13-24(14-12-23)39(42)43/h1-4,7-14H,5-6,15-22H2,(H,36,41). The van der Waals surface area contributed by atoms with E-state index in [2.05, 4.69) is 4.90 Å². The number of nitro benzene ring substituents is 1. The first-order valence-corrected chi connectivity index (χ1v) is 14.5. The van der Waals surface area contributed by atoms with E-state index in [1.165, 1.54) is 12.1 Å². The molecule has 3 aromatic carbocycles. The van der Waals surface area contributed by atoms with Crippen LogP contribution >= 0.6 is 0 Å². The number of halogens is 3. The van der Waals surface area contributed by atoms with Gasteiger partial charge in [-0.2, -0.15) is 13.2 Å². The second-order valence-electron chi connectivity index (χ2n) is 11.1. The van der Waals surface area contributed by atoms with Crippen LogP contribution in [0.3, 0.4) is 0 Å². The molecule has 5 rings (SSSR count). The molecule has 9 nitrogen and oxygen atoms in total. The number of carbonyl (C=O) groups is 2. The number of nitro groups is 1. The summed E-state index contributed by atoms with van der Waals surface area (Å²) >= 11 is 0. The van der Waals surface area contributed by atoms with Crippen molar-refractivity contribution in [2.24, 2.45) is 0 Å². The van der Waals surface area contributed by atoms with Crippen LogP contribution < -0.4 is 5.32 Å².